The van der Waals surface area contributed by atoms with Gasteiger partial charge in [0.25, 0.3) is 5.91 Å². The van der Waals surface area contributed by atoms with Gasteiger partial charge in [-0.1, -0.05) is 58.7 Å². The Morgan fingerprint density at radius 2 is 1.71 bits per heavy atom. The zero-order valence-corrected chi connectivity index (χ0v) is 30.3. The van der Waals surface area contributed by atoms with Gasteiger partial charge in [-0.25, -0.2) is 0 Å². The van der Waals surface area contributed by atoms with Gasteiger partial charge in [-0.15, -0.1) is 22.0 Å². The van der Waals surface area contributed by atoms with Gasteiger partial charge in [0.05, 0.1) is 12.4 Å². The molecule has 0 saturated heterocycles. The zero-order chi connectivity index (χ0) is 34.4. The van der Waals surface area contributed by atoms with Crippen molar-refractivity contribution in [3.63, 3.8) is 0 Å². The number of hydrogen-bond donors (Lipinski definition) is 1. The topological polar surface area (TPSA) is 81.5 Å². The Hall–Kier alpha value is -4.08. The molecule has 0 unspecified atom stereocenters. The zero-order valence-electron chi connectivity index (χ0n) is 29.5. The molecule has 49 heavy (non-hydrogen) atoms. The highest BCUT2D eigenvalue weighted by molar-refractivity contribution is 7.98. The molecule has 4 aromatic rings. The number of unbranched alkanes of at least 4 members (excludes halogenated alkanes) is 2. The van der Waals surface area contributed by atoms with Crippen molar-refractivity contribution in [2.24, 2.45) is 5.92 Å². The quantitative estimate of drug-likeness (QED) is 0.0829. The van der Waals surface area contributed by atoms with Gasteiger partial charge in [-0.2, -0.15) is 0 Å². The van der Waals surface area contributed by atoms with Gasteiger partial charge >= 0.3 is 0 Å². The van der Waals surface area contributed by atoms with E-state index < -0.39 is 0 Å². The molecule has 1 aromatic heterocycles. The van der Waals surface area contributed by atoms with Crippen LogP contribution in [0.4, 0.5) is 11.4 Å². The lowest BCUT2D eigenvalue weighted by molar-refractivity contribution is -0.112. The van der Waals surface area contributed by atoms with Gasteiger partial charge in [0.2, 0.25) is 0 Å². The van der Waals surface area contributed by atoms with E-state index in [-0.39, 0.29) is 5.91 Å². The Labute approximate surface area is 296 Å². The first-order chi connectivity index (χ1) is 23.9. The van der Waals surface area contributed by atoms with Crippen LogP contribution in [0.15, 0.2) is 83.5 Å². The van der Waals surface area contributed by atoms with E-state index in [0.717, 1.165) is 108 Å². The summed E-state index contributed by atoms with van der Waals surface area (Å²) in [5, 5.41) is 11.5. The van der Waals surface area contributed by atoms with E-state index in [2.05, 4.69) is 101 Å². The van der Waals surface area contributed by atoms with Crippen LogP contribution in [0.3, 0.4) is 0 Å². The molecule has 1 aliphatic heterocycles. The number of nitrogens with one attached hydrogen (secondary N) is 1. The summed E-state index contributed by atoms with van der Waals surface area (Å²) in [6.07, 6.45) is 9.02. The maximum Gasteiger partial charge on any atom is 0.251 e. The van der Waals surface area contributed by atoms with E-state index in [1.54, 1.807) is 11.8 Å². The van der Waals surface area contributed by atoms with Crippen LogP contribution < -0.4 is 15.0 Å². The van der Waals surface area contributed by atoms with Gasteiger partial charge in [0.1, 0.15) is 24.5 Å². The first-order valence-electron chi connectivity index (χ1n) is 17.7. The van der Waals surface area contributed by atoms with Crippen molar-refractivity contribution < 1.29 is 14.3 Å². The molecule has 0 fully saturated rings. The molecule has 0 saturated carbocycles. The predicted octanol–water partition coefficient (Wildman–Crippen LogP) is 9.12. The molecule has 1 N–H and O–H groups in total. The Balaban J connectivity index is 1.25. The molecule has 3 aromatic carbocycles. The number of benzene rings is 3. The number of anilines is 2. The number of fused-ring (bicyclic) bond motifs is 1. The molecule has 0 spiro atoms. The minimum absolute atomic E-state index is 0.0626. The first kappa shape index (κ1) is 36.2. The van der Waals surface area contributed by atoms with E-state index in [9.17, 15) is 4.79 Å². The van der Waals surface area contributed by atoms with E-state index in [1.165, 1.54) is 0 Å². The third kappa shape index (κ3) is 10.7. The molecular formula is C40H51N5O3S. The molecule has 8 nitrogen and oxygen atoms in total. The number of rotatable bonds is 18. The Bertz CT molecular complexity index is 1650. The minimum Gasteiger partial charge on any atom is -0.491 e. The second-order valence-electron chi connectivity index (χ2n) is 12.9. The van der Waals surface area contributed by atoms with Crippen molar-refractivity contribution >= 4 is 35.1 Å². The second kappa shape index (κ2) is 18.6. The molecule has 2 heterocycles. The minimum atomic E-state index is -0.0626. The van der Waals surface area contributed by atoms with Gasteiger partial charge in [0, 0.05) is 48.1 Å². The van der Waals surface area contributed by atoms with Crippen molar-refractivity contribution in [3.05, 3.63) is 90.0 Å². The van der Waals surface area contributed by atoms with Crippen molar-refractivity contribution in [2.75, 3.05) is 43.1 Å². The highest BCUT2D eigenvalue weighted by Crippen LogP contribution is 2.34. The SMILES string of the molecule is CCCCOCCOc1ccc(-c2ccc3c(c2)C=C(C(=O)Nc2ccc(SCc4nncn4CCCC)cc2)CCN3CC(C)C)cc1. The molecule has 5 rings (SSSR count). The van der Waals surface area contributed by atoms with Crippen LogP contribution in [0.2, 0.25) is 0 Å². The summed E-state index contributed by atoms with van der Waals surface area (Å²) in [6, 6.07) is 22.8. The van der Waals surface area contributed by atoms with Crippen LogP contribution in [-0.2, 0) is 21.8 Å². The molecule has 0 aliphatic carbocycles. The summed E-state index contributed by atoms with van der Waals surface area (Å²) in [4.78, 5) is 17.2. The van der Waals surface area contributed by atoms with Crippen LogP contribution in [-0.4, -0.2) is 53.6 Å². The number of aryl methyl sites for hydroxylation is 1. The second-order valence-corrected chi connectivity index (χ2v) is 14.0. The number of aromatic nitrogens is 3. The lowest BCUT2D eigenvalue weighted by Crippen LogP contribution is -2.29. The average Bonchev–Trinajstić information content (AvgIpc) is 3.48. The Kier molecular flexibility index (Phi) is 13.8. The van der Waals surface area contributed by atoms with E-state index in [4.69, 9.17) is 9.47 Å². The number of nitrogens with zero attached hydrogens (tertiary/aromatic N) is 4. The number of carbonyl (C=O) groups excluding carboxylic acids is 1. The largest absolute Gasteiger partial charge is 0.491 e. The Morgan fingerprint density at radius 3 is 2.47 bits per heavy atom. The molecule has 1 amide bonds. The summed E-state index contributed by atoms with van der Waals surface area (Å²) < 4.78 is 13.6. The number of ether oxygens (including phenoxy) is 2. The maximum absolute atomic E-state index is 13.7. The maximum atomic E-state index is 13.7. The van der Waals surface area contributed by atoms with Crippen molar-refractivity contribution in [2.45, 2.75) is 77.0 Å². The lowest BCUT2D eigenvalue weighted by atomic mass is 10.00. The van der Waals surface area contributed by atoms with Crippen LogP contribution in [0.25, 0.3) is 17.2 Å². The molecular weight excluding hydrogens is 631 g/mol. The van der Waals surface area contributed by atoms with Crippen LogP contribution in [0.5, 0.6) is 5.75 Å². The summed E-state index contributed by atoms with van der Waals surface area (Å²) >= 11 is 1.72. The fourth-order valence-corrected chi connectivity index (χ4v) is 6.64. The molecule has 260 valence electrons. The standard InChI is InChI=1S/C40H51N5O3S/c1-5-7-20-45-29-41-43-39(45)28-49-37-16-12-35(13-17-37)42-40(46)33-19-21-44(27-30(3)4)38-18-11-32(25-34(38)26-33)31-9-14-36(15-10-31)48-24-23-47-22-8-6-2/h9-18,25-26,29-30H,5-8,19-24,27-28H2,1-4H3,(H,42,46). The van der Waals surface area contributed by atoms with Crippen LogP contribution in [0, 0.1) is 5.92 Å². The van der Waals surface area contributed by atoms with Gasteiger partial charge in [0.15, 0.2) is 0 Å². The van der Waals surface area contributed by atoms with Gasteiger partial charge in [-0.05, 0) is 96.5 Å². The van der Waals surface area contributed by atoms with E-state index in [0.29, 0.717) is 25.6 Å². The van der Waals surface area contributed by atoms with E-state index in [1.807, 2.05) is 30.6 Å². The molecule has 0 bridgehead atoms. The Morgan fingerprint density at radius 1 is 0.939 bits per heavy atom. The van der Waals surface area contributed by atoms with Crippen molar-refractivity contribution in [1.29, 1.82) is 0 Å². The highest BCUT2D eigenvalue weighted by atomic mass is 32.2. The first-order valence-corrected chi connectivity index (χ1v) is 18.7. The highest BCUT2D eigenvalue weighted by Gasteiger charge is 2.21. The molecule has 0 atom stereocenters. The number of amides is 1. The fraction of sp³-hybridized carbons (Fsp3) is 0.425. The third-order valence-electron chi connectivity index (χ3n) is 8.48. The monoisotopic (exact) mass is 681 g/mol. The van der Waals surface area contributed by atoms with E-state index >= 15 is 0 Å². The van der Waals surface area contributed by atoms with Crippen molar-refractivity contribution in [3.8, 4) is 16.9 Å². The number of carbonyl (C=O) groups is 1. The molecule has 0 radical (unpaired) electrons. The number of thioether (sulfide) groups is 1. The fourth-order valence-electron chi connectivity index (χ4n) is 5.79. The summed E-state index contributed by atoms with van der Waals surface area (Å²) in [5.74, 6) is 3.00. The summed E-state index contributed by atoms with van der Waals surface area (Å²) in [7, 11) is 0. The molecule has 1 aliphatic rings. The third-order valence-corrected chi connectivity index (χ3v) is 9.49. The van der Waals surface area contributed by atoms with Crippen LogP contribution in [0.1, 0.15) is 71.2 Å². The van der Waals surface area contributed by atoms with Crippen molar-refractivity contribution in [1.82, 2.24) is 14.8 Å². The molecule has 9 heteroatoms. The summed E-state index contributed by atoms with van der Waals surface area (Å²) in [5.41, 5.74) is 5.99. The lowest BCUT2D eigenvalue weighted by Gasteiger charge is -2.27. The van der Waals surface area contributed by atoms with Gasteiger partial charge in [-0.3, -0.25) is 4.79 Å². The number of hydrogen-bond acceptors (Lipinski definition) is 7. The summed E-state index contributed by atoms with van der Waals surface area (Å²) in [6.45, 7) is 13.4. The average molecular weight is 682 g/mol. The van der Waals surface area contributed by atoms with Crippen LogP contribution >= 0.6 is 11.8 Å². The van der Waals surface area contributed by atoms with Gasteiger partial charge < -0.3 is 24.3 Å². The smallest absolute Gasteiger partial charge is 0.251 e. The normalized spacial score (nSPS) is 12.8. The predicted molar refractivity (Wildman–Crippen MR) is 202 cm³/mol.